The summed E-state index contributed by atoms with van der Waals surface area (Å²) in [5.74, 6) is 5.91. The van der Waals surface area contributed by atoms with Gasteiger partial charge in [-0.25, -0.2) is 0 Å². The highest BCUT2D eigenvalue weighted by atomic mass is 16.5. The van der Waals surface area contributed by atoms with Crippen molar-refractivity contribution < 1.29 is 4.74 Å². The van der Waals surface area contributed by atoms with Crippen LogP contribution < -0.4 is 4.74 Å². The fraction of sp³-hybridized carbons (Fsp3) is 0.333. The maximum Gasteiger partial charge on any atom is 0.150 e. The molecule has 0 bridgehead atoms. The van der Waals surface area contributed by atoms with Gasteiger partial charge in [0.05, 0.1) is 17.7 Å². The molecule has 0 aliphatic carbocycles. The van der Waals surface area contributed by atoms with Crippen LogP contribution in [0.1, 0.15) is 36.5 Å². The highest BCUT2D eigenvalue weighted by Gasteiger charge is 2.08. The number of ether oxygens (including phenoxy) is 1. The van der Waals surface area contributed by atoms with Gasteiger partial charge in [0.25, 0.3) is 0 Å². The first kappa shape index (κ1) is 12.2. The van der Waals surface area contributed by atoms with Gasteiger partial charge in [-0.2, -0.15) is 0 Å². The molecule has 0 aliphatic rings. The summed E-state index contributed by atoms with van der Waals surface area (Å²) < 4.78 is 5.66. The Morgan fingerprint density at radius 3 is 2.19 bits per heavy atom. The highest BCUT2D eigenvalue weighted by molar-refractivity contribution is 5.57. The molecule has 0 saturated heterocycles. The van der Waals surface area contributed by atoms with Crippen molar-refractivity contribution >= 4 is 0 Å². The molecule has 0 aromatic heterocycles. The van der Waals surface area contributed by atoms with Crippen molar-refractivity contribution in [2.45, 2.75) is 26.7 Å². The lowest BCUT2D eigenvalue weighted by atomic mass is 10.1. The van der Waals surface area contributed by atoms with Gasteiger partial charge in [-0.05, 0) is 31.0 Å². The van der Waals surface area contributed by atoms with Crippen LogP contribution in [0, 0.1) is 31.6 Å². The van der Waals surface area contributed by atoms with Gasteiger partial charge in [0.15, 0.2) is 5.75 Å². The van der Waals surface area contributed by atoms with E-state index >= 15 is 0 Å². The number of unbranched alkanes of at least 4 members (excludes halogenated alkanes) is 1. The number of aryl methyl sites for hydroxylation is 1. The predicted molar refractivity (Wildman–Crippen MR) is 67.5 cm³/mol. The van der Waals surface area contributed by atoms with Crippen LogP contribution in [0.25, 0.3) is 0 Å². The average molecular weight is 212 g/mol. The van der Waals surface area contributed by atoms with Crippen molar-refractivity contribution in [3.05, 3.63) is 28.8 Å². The largest absolute Gasteiger partial charge is 0.491 e. The topological polar surface area (TPSA) is 9.23 Å². The molecule has 0 atom stereocenters. The van der Waals surface area contributed by atoms with Crippen LogP contribution in [0.4, 0.5) is 0 Å². The molecule has 1 aromatic rings. The molecule has 1 nitrogen and oxygen atoms in total. The van der Waals surface area contributed by atoms with Crippen molar-refractivity contribution in [1.29, 1.82) is 0 Å². The molecule has 0 heterocycles. The Morgan fingerprint density at radius 2 is 1.75 bits per heavy atom. The second-order valence-corrected chi connectivity index (χ2v) is 3.68. The molecule has 82 valence electrons. The zero-order chi connectivity index (χ0) is 12.0. The second-order valence-electron chi connectivity index (χ2n) is 3.68. The molecule has 1 rings (SSSR count). The van der Waals surface area contributed by atoms with Gasteiger partial charge < -0.3 is 4.74 Å². The van der Waals surface area contributed by atoms with E-state index in [2.05, 4.69) is 18.8 Å². The van der Waals surface area contributed by atoms with Crippen LogP contribution in [0.2, 0.25) is 0 Å². The molecule has 1 aromatic carbocycles. The Balaban J connectivity index is 3.05. The number of terminal acetylenes is 2. The van der Waals surface area contributed by atoms with Crippen molar-refractivity contribution in [2.75, 3.05) is 6.61 Å². The summed E-state index contributed by atoms with van der Waals surface area (Å²) in [5, 5.41) is 0. The Labute approximate surface area is 97.8 Å². The normalized spacial score (nSPS) is 9.25. The third-order valence-electron chi connectivity index (χ3n) is 2.29. The second kappa shape index (κ2) is 5.89. The first-order chi connectivity index (χ1) is 7.72. The zero-order valence-corrected chi connectivity index (χ0v) is 9.84. The molecule has 0 amide bonds. The fourth-order valence-electron chi connectivity index (χ4n) is 1.46. The van der Waals surface area contributed by atoms with E-state index in [1.807, 2.05) is 19.1 Å². The van der Waals surface area contributed by atoms with Crippen LogP contribution in [0.15, 0.2) is 12.1 Å². The Morgan fingerprint density at radius 1 is 1.19 bits per heavy atom. The molecule has 1 heteroatoms. The maximum atomic E-state index is 5.66. The predicted octanol–water partition coefficient (Wildman–Crippen LogP) is 3.14. The number of benzene rings is 1. The van der Waals surface area contributed by atoms with Crippen LogP contribution in [0.3, 0.4) is 0 Å². The monoisotopic (exact) mass is 212 g/mol. The van der Waals surface area contributed by atoms with Crippen molar-refractivity contribution in [2.24, 2.45) is 0 Å². The number of hydrogen-bond acceptors (Lipinski definition) is 1. The molecule has 0 N–H and O–H groups in total. The molecule has 0 spiro atoms. The van der Waals surface area contributed by atoms with Gasteiger partial charge in [-0.3, -0.25) is 0 Å². The van der Waals surface area contributed by atoms with Crippen LogP contribution in [-0.2, 0) is 0 Å². The summed E-state index contributed by atoms with van der Waals surface area (Å²) in [7, 11) is 0. The maximum absolute atomic E-state index is 5.66. The lowest BCUT2D eigenvalue weighted by molar-refractivity contribution is 0.308. The van der Waals surface area contributed by atoms with E-state index in [-0.39, 0.29) is 0 Å². The quantitative estimate of drug-likeness (QED) is 0.550. The molecular formula is C15H16O. The van der Waals surface area contributed by atoms with Gasteiger partial charge in [-0.1, -0.05) is 25.2 Å². The van der Waals surface area contributed by atoms with Crippen molar-refractivity contribution in [1.82, 2.24) is 0 Å². The van der Waals surface area contributed by atoms with E-state index in [0.717, 1.165) is 29.5 Å². The molecule has 0 unspecified atom stereocenters. The molecule has 0 radical (unpaired) electrons. The minimum absolute atomic E-state index is 0.656. The van der Waals surface area contributed by atoms with Crippen LogP contribution in [-0.4, -0.2) is 6.61 Å². The minimum atomic E-state index is 0.656. The summed E-state index contributed by atoms with van der Waals surface area (Å²) in [6.45, 7) is 4.74. The third-order valence-corrected chi connectivity index (χ3v) is 2.29. The average Bonchev–Trinajstić information content (AvgIpc) is 2.30. The molecule has 0 saturated carbocycles. The van der Waals surface area contributed by atoms with Gasteiger partial charge in [-0.15, -0.1) is 12.8 Å². The van der Waals surface area contributed by atoms with Gasteiger partial charge in [0, 0.05) is 0 Å². The summed E-state index contributed by atoms with van der Waals surface area (Å²) in [4.78, 5) is 0. The van der Waals surface area contributed by atoms with Gasteiger partial charge in [0.1, 0.15) is 0 Å². The third kappa shape index (κ3) is 2.81. The smallest absolute Gasteiger partial charge is 0.150 e. The van der Waals surface area contributed by atoms with E-state index in [9.17, 15) is 0 Å². The van der Waals surface area contributed by atoms with Crippen LogP contribution in [0.5, 0.6) is 5.75 Å². The van der Waals surface area contributed by atoms with Crippen molar-refractivity contribution in [3.63, 3.8) is 0 Å². The summed E-state index contributed by atoms with van der Waals surface area (Å²) in [6, 6.07) is 3.84. The number of rotatable bonds is 4. The van der Waals surface area contributed by atoms with E-state index in [4.69, 9.17) is 17.6 Å². The number of hydrogen-bond donors (Lipinski definition) is 0. The molecular weight excluding hydrogens is 196 g/mol. The van der Waals surface area contributed by atoms with E-state index in [1.54, 1.807) is 0 Å². The zero-order valence-electron chi connectivity index (χ0n) is 9.84. The Bertz CT molecular complexity index is 408. The first-order valence-corrected chi connectivity index (χ1v) is 5.43. The Kier molecular flexibility index (Phi) is 4.49. The van der Waals surface area contributed by atoms with Gasteiger partial charge in [0.2, 0.25) is 0 Å². The van der Waals surface area contributed by atoms with Gasteiger partial charge >= 0.3 is 0 Å². The van der Waals surface area contributed by atoms with E-state index in [1.165, 1.54) is 0 Å². The lowest BCUT2D eigenvalue weighted by Crippen LogP contribution is -2.01. The lowest BCUT2D eigenvalue weighted by Gasteiger charge is -2.11. The van der Waals surface area contributed by atoms with E-state index < -0.39 is 0 Å². The summed E-state index contributed by atoms with van der Waals surface area (Å²) >= 11 is 0. The minimum Gasteiger partial charge on any atom is -0.491 e. The van der Waals surface area contributed by atoms with Crippen molar-refractivity contribution in [3.8, 4) is 30.4 Å². The molecule has 0 fully saturated rings. The fourth-order valence-corrected chi connectivity index (χ4v) is 1.46. The standard InChI is InChI=1S/C15H16O/c1-5-8-9-16-15-13(6-2)10-12(4)11-14(15)7-3/h2-3,10-11H,5,8-9H2,1,4H3. The van der Waals surface area contributed by atoms with Crippen LogP contribution >= 0.6 is 0 Å². The van der Waals surface area contributed by atoms with E-state index in [0.29, 0.717) is 12.4 Å². The Hall–Kier alpha value is -1.86. The molecule has 16 heavy (non-hydrogen) atoms. The highest BCUT2D eigenvalue weighted by Crippen LogP contribution is 2.25. The SMILES string of the molecule is C#Cc1cc(C)cc(C#C)c1OCCCC. The molecule has 0 aliphatic heterocycles. The first-order valence-electron chi connectivity index (χ1n) is 5.43. The summed E-state index contributed by atoms with van der Waals surface area (Å²) in [6.07, 6.45) is 13.0. The summed E-state index contributed by atoms with van der Waals surface area (Å²) in [5.41, 5.74) is 2.54.